The van der Waals surface area contributed by atoms with Gasteiger partial charge in [0, 0.05) is 16.7 Å². The Bertz CT molecular complexity index is 589. The van der Waals surface area contributed by atoms with Crippen molar-refractivity contribution in [3.63, 3.8) is 0 Å². The fourth-order valence-corrected chi connectivity index (χ4v) is 3.22. The molecule has 2 aromatic rings. The molecule has 0 radical (unpaired) electrons. The van der Waals surface area contributed by atoms with Gasteiger partial charge in [0.05, 0.1) is 20.8 Å². The standard InChI is InChI=1S/C14H13Cl2NOS/c15-12-7-6-11(8-13(12)16)19(18)9-14(17)10-4-2-1-3-5-10/h1-8,14H,9,17H2. The molecule has 2 atom stereocenters. The van der Waals surface area contributed by atoms with Gasteiger partial charge in [-0.05, 0) is 23.8 Å². The van der Waals surface area contributed by atoms with E-state index in [-0.39, 0.29) is 6.04 Å². The van der Waals surface area contributed by atoms with Crippen LogP contribution >= 0.6 is 23.2 Å². The van der Waals surface area contributed by atoms with Gasteiger partial charge in [-0.25, -0.2) is 0 Å². The molecule has 2 rings (SSSR count). The molecule has 0 saturated carbocycles. The molecular weight excluding hydrogens is 301 g/mol. The van der Waals surface area contributed by atoms with Crippen LogP contribution in [-0.2, 0) is 10.8 Å². The summed E-state index contributed by atoms with van der Waals surface area (Å²) >= 11 is 11.7. The van der Waals surface area contributed by atoms with E-state index in [9.17, 15) is 4.21 Å². The van der Waals surface area contributed by atoms with Crippen molar-refractivity contribution in [1.82, 2.24) is 0 Å². The minimum atomic E-state index is -1.20. The van der Waals surface area contributed by atoms with Gasteiger partial charge in [0.1, 0.15) is 0 Å². The number of hydrogen-bond acceptors (Lipinski definition) is 2. The highest BCUT2D eigenvalue weighted by Gasteiger charge is 2.13. The maximum absolute atomic E-state index is 12.2. The molecule has 0 aliphatic carbocycles. The number of rotatable bonds is 4. The highest BCUT2D eigenvalue weighted by Crippen LogP contribution is 2.25. The lowest BCUT2D eigenvalue weighted by atomic mass is 10.1. The Morgan fingerprint density at radius 1 is 1.05 bits per heavy atom. The van der Waals surface area contributed by atoms with E-state index >= 15 is 0 Å². The van der Waals surface area contributed by atoms with Crippen molar-refractivity contribution in [2.24, 2.45) is 5.73 Å². The molecule has 19 heavy (non-hydrogen) atoms. The van der Waals surface area contributed by atoms with Gasteiger partial charge in [0.2, 0.25) is 0 Å². The molecule has 2 aromatic carbocycles. The summed E-state index contributed by atoms with van der Waals surface area (Å²) in [5.41, 5.74) is 7.02. The third-order valence-corrected chi connectivity index (χ3v) is 4.89. The third kappa shape index (κ3) is 3.80. The van der Waals surface area contributed by atoms with Crippen LogP contribution < -0.4 is 5.73 Å². The minimum absolute atomic E-state index is 0.267. The van der Waals surface area contributed by atoms with E-state index in [4.69, 9.17) is 28.9 Å². The topological polar surface area (TPSA) is 43.1 Å². The maximum atomic E-state index is 12.2. The first kappa shape index (κ1) is 14.5. The molecule has 0 bridgehead atoms. The van der Waals surface area contributed by atoms with E-state index in [1.54, 1.807) is 18.2 Å². The van der Waals surface area contributed by atoms with Crippen molar-refractivity contribution >= 4 is 34.0 Å². The molecule has 0 fully saturated rings. The lowest BCUT2D eigenvalue weighted by molar-refractivity contribution is 0.675. The predicted molar refractivity (Wildman–Crippen MR) is 81.1 cm³/mol. The Morgan fingerprint density at radius 3 is 2.37 bits per heavy atom. The van der Waals surface area contributed by atoms with E-state index in [1.165, 1.54) is 0 Å². The largest absolute Gasteiger partial charge is 0.323 e. The van der Waals surface area contributed by atoms with E-state index in [0.717, 1.165) is 5.56 Å². The van der Waals surface area contributed by atoms with E-state index in [0.29, 0.717) is 20.7 Å². The fraction of sp³-hybridized carbons (Fsp3) is 0.143. The van der Waals surface area contributed by atoms with Gasteiger partial charge in [0.25, 0.3) is 0 Å². The van der Waals surface area contributed by atoms with Crippen molar-refractivity contribution in [2.45, 2.75) is 10.9 Å². The number of halogens is 2. The molecule has 0 aliphatic rings. The zero-order valence-electron chi connectivity index (χ0n) is 10.1. The van der Waals surface area contributed by atoms with Crippen molar-refractivity contribution < 1.29 is 4.21 Å². The summed E-state index contributed by atoms with van der Waals surface area (Å²) in [5.74, 6) is 0.349. The Labute approximate surface area is 125 Å². The van der Waals surface area contributed by atoms with Gasteiger partial charge in [-0.2, -0.15) is 0 Å². The van der Waals surface area contributed by atoms with Crippen molar-refractivity contribution in [3.8, 4) is 0 Å². The van der Waals surface area contributed by atoms with Crippen molar-refractivity contribution in [3.05, 3.63) is 64.1 Å². The molecule has 5 heteroatoms. The Hall–Kier alpha value is -0.870. The molecule has 0 amide bonds. The van der Waals surface area contributed by atoms with Crippen LogP contribution in [0.2, 0.25) is 10.0 Å². The Kier molecular flexibility index (Phi) is 4.99. The van der Waals surface area contributed by atoms with Gasteiger partial charge < -0.3 is 5.73 Å². The highest BCUT2D eigenvalue weighted by atomic mass is 35.5. The number of nitrogens with two attached hydrogens (primary N) is 1. The van der Waals surface area contributed by atoms with Crippen LogP contribution in [0, 0.1) is 0 Å². The van der Waals surface area contributed by atoms with Crippen LogP contribution in [0.5, 0.6) is 0 Å². The van der Waals surface area contributed by atoms with Gasteiger partial charge >= 0.3 is 0 Å². The van der Waals surface area contributed by atoms with Gasteiger partial charge in [-0.15, -0.1) is 0 Å². The number of hydrogen-bond donors (Lipinski definition) is 1. The smallest absolute Gasteiger partial charge is 0.0604 e. The second-order valence-corrected chi connectivity index (χ2v) is 6.42. The van der Waals surface area contributed by atoms with Gasteiger partial charge in [-0.3, -0.25) is 4.21 Å². The quantitative estimate of drug-likeness (QED) is 0.933. The summed E-state index contributed by atoms with van der Waals surface area (Å²) in [6.07, 6.45) is 0. The van der Waals surface area contributed by atoms with Crippen molar-refractivity contribution in [2.75, 3.05) is 5.75 Å². The first-order valence-corrected chi connectivity index (χ1v) is 7.79. The third-order valence-electron chi connectivity index (χ3n) is 2.71. The summed E-state index contributed by atoms with van der Waals surface area (Å²) in [4.78, 5) is 0.640. The minimum Gasteiger partial charge on any atom is -0.323 e. The SMILES string of the molecule is NC(CS(=O)c1ccc(Cl)c(Cl)c1)c1ccccc1. The molecule has 0 aromatic heterocycles. The van der Waals surface area contributed by atoms with E-state index in [1.807, 2.05) is 30.3 Å². The van der Waals surface area contributed by atoms with Crippen LogP contribution in [0.15, 0.2) is 53.4 Å². The van der Waals surface area contributed by atoms with Crippen LogP contribution in [0.4, 0.5) is 0 Å². The van der Waals surface area contributed by atoms with Crippen LogP contribution in [0.1, 0.15) is 11.6 Å². The molecule has 0 spiro atoms. The highest BCUT2D eigenvalue weighted by molar-refractivity contribution is 7.85. The maximum Gasteiger partial charge on any atom is 0.0604 e. The van der Waals surface area contributed by atoms with Crippen LogP contribution in [-0.4, -0.2) is 9.96 Å². The molecule has 0 heterocycles. The van der Waals surface area contributed by atoms with E-state index < -0.39 is 10.8 Å². The lowest BCUT2D eigenvalue weighted by Crippen LogP contribution is -2.18. The number of benzene rings is 2. The first-order valence-electron chi connectivity index (χ1n) is 5.72. The second kappa shape index (κ2) is 6.53. The predicted octanol–water partition coefficient (Wildman–Crippen LogP) is 3.80. The molecule has 0 saturated heterocycles. The van der Waals surface area contributed by atoms with Gasteiger partial charge in [-0.1, -0.05) is 53.5 Å². The molecule has 2 N–H and O–H groups in total. The molecule has 2 nitrogen and oxygen atoms in total. The molecule has 0 aliphatic heterocycles. The zero-order valence-corrected chi connectivity index (χ0v) is 12.4. The summed E-state index contributed by atoms with van der Waals surface area (Å²) in [7, 11) is -1.20. The average Bonchev–Trinajstić information content (AvgIpc) is 2.42. The molecule has 100 valence electrons. The summed E-state index contributed by atoms with van der Waals surface area (Å²) in [6.45, 7) is 0. The van der Waals surface area contributed by atoms with Crippen LogP contribution in [0.3, 0.4) is 0 Å². The van der Waals surface area contributed by atoms with Crippen molar-refractivity contribution in [1.29, 1.82) is 0 Å². The normalized spacial score (nSPS) is 14.1. The second-order valence-electron chi connectivity index (χ2n) is 4.11. The van der Waals surface area contributed by atoms with E-state index in [2.05, 4.69) is 0 Å². The zero-order chi connectivity index (χ0) is 13.8. The fourth-order valence-electron chi connectivity index (χ4n) is 1.67. The monoisotopic (exact) mass is 313 g/mol. The van der Waals surface area contributed by atoms with Gasteiger partial charge in [0.15, 0.2) is 0 Å². The Balaban J connectivity index is 2.11. The summed E-state index contributed by atoms with van der Waals surface area (Å²) in [5, 5.41) is 0.857. The summed E-state index contributed by atoms with van der Waals surface area (Å²) in [6, 6.07) is 14.3. The lowest BCUT2D eigenvalue weighted by Gasteiger charge is -2.12. The van der Waals surface area contributed by atoms with Crippen LogP contribution in [0.25, 0.3) is 0 Å². The molecule has 2 unspecified atom stereocenters. The summed E-state index contributed by atoms with van der Waals surface area (Å²) < 4.78 is 12.2. The first-order chi connectivity index (χ1) is 9.08. The Morgan fingerprint density at radius 2 is 1.74 bits per heavy atom. The average molecular weight is 314 g/mol. The molecular formula is C14H13Cl2NOS.